The van der Waals surface area contributed by atoms with Crippen LogP contribution in [0.25, 0.3) is 0 Å². The summed E-state index contributed by atoms with van der Waals surface area (Å²) in [6.45, 7) is 0. The van der Waals surface area contributed by atoms with E-state index in [9.17, 15) is 4.79 Å². The van der Waals surface area contributed by atoms with Gasteiger partial charge in [0.15, 0.2) is 5.78 Å². The zero-order valence-corrected chi connectivity index (χ0v) is 16.5. The Bertz CT molecular complexity index is 678. The van der Waals surface area contributed by atoms with Gasteiger partial charge < -0.3 is 5.73 Å². The van der Waals surface area contributed by atoms with Crippen LogP contribution in [0, 0.1) is 0 Å². The first-order valence-electron chi connectivity index (χ1n) is 8.39. The van der Waals surface area contributed by atoms with Crippen molar-refractivity contribution in [1.29, 1.82) is 0 Å². The third-order valence-electron chi connectivity index (χ3n) is 7.10. The predicted molar refractivity (Wildman–Crippen MR) is 124 cm³/mol. The second-order valence-corrected chi connectivity index (χ2v) is 8.81. The number of rotatable bonds is 1. The molecule has 23 heavy (non-hydrogen) atoms. The molecule has 0 amide bonds. The smallest absolute Gasteiger partial charge is 0.156 e. The first-order chi connectivity index (χ1) is 10.3. The summed E-state index contributed by atoms with van der Waals surface area (Å²) in [5, 5.41) is 0.225. The Labute approximate surface area is 152 Å². The van der Waals surface area contributed by atoms with Gasteiger partial charge in [0.25, 0.3) is 0 Å². The van der Waals surface area contributed by atoms with Crippen molar-refractivity contribution in [3.05, 3.63) is 10.6 Å². The minimum Gasteiger partial charge on any atom is -0.316 e. The number of ketones is 1. The van der Waals surface area contributed by atoms with Gasteiger partial charge in [-0.1, -0.05) is 39.4 Å². The molecule has 11 heteroatoms. The Kier molecular flexibility index (Phi) is 4.62. The van der Waals surface area contributed by atoms with Crippen molar-refractivity contribution in [1.82, 2.24) is 0 Å². The fourth-order valence-corrected chi connectivity index (χ4v) is 4.44. The van der Waals surface area contributed by atoms with Gasteiger partial charge in [0, 0.05) is 11.4 Å². The summed E-state index contributed by atoms with van der Waals surface area (Å²) in [5.74, 6) is 0.106. The van der Waals surface area contributed by atoms with E-state index in [1.807, 2.05) is 15.7 Å². The van der Waals surface area contributed by atoms with Crippen LogP contribution in [0.1, 0.15) is 18.4 Å². The molecule has 1 unspecified atom stereocenters. The van der Waals surface area contributed by atoms with Crippen molar-refractivity contribution in [3.63, 3.8) is 0 Å². The highest BCUT2D eigenvalue weighted by atomic mass is 35.5. The maximum Gasteiger partial charge on any atom is 0.156 e. The van der Waals surface area contributed by atoms with Crippen molar-refractivity contribution < 1.29 is 4.79 Å². The van der Waals surface area contributed by atoms with Crippen LogP contribution in [-0.4, -0.2) is 68.6 Å². The predicted octanol–water partition coefficient (Wildman–Crippen LogP) is -8.34. The lowest BCUT2D eigenvalue weighted by Gasteiger charge is -2.58. The highest BCUT2D eigenvalue weighted by Crippen LogP contribution is 2.59. The van der Waals surface area contributed by atoms with Crippen LogP contribution in [-0.2, 0) is 10.3 Å². The van der Waals surface area contributed by atoms with Crippen molar-refractivity contribution in [2.24, 2.45) is 5.73 Å². The van der Waals surface area contributed by atoms with Gasteiger partial charge in [-0.3, -0.25) is 4.79 Å². The molecule has 1 aliphatic carbocycles. The number of hydrogen-bond donors (Lipinski definition) is 1. The van der Waals surface area contributed by atoms with E-state index in [4.69, 9.17) is 17.3 Å². The minimum atomic E-state index is -1.06. The normalized spacial score (nSPS) is 26.1. The first-order valence-corrected chi connectivity index (χ1v) is 8.77. The molecule has 1 fully saturated rings. The molecule has 112 valence electrons. The first kappa shape index (κ1) is 19.0. The van der Waals surface area contributed by atoms with E-state index in [0.29, 0.717) is 11.4 Å². The highest BCUT2D eigenvalue weighted by Gasteiger charge is 2.59. The van der Waals surface area contributed by atoms with Gasteiger partial charge >= 0.3 is 0 Å². The summed E-state index contributed by atoms with van der Waals surface area (Å²) >= 11 is 6.75. The zero-order valence-electron chi connectivity index (χ0n) is 15.8. The second-order valence-electron chi connectivity index (χ2n) is 8.43. The number of nitrogens with two attached hydrogens (primary N) is 1. The van der Waals surface area contributed by atoms with Crippen LogP contribution in [0.3, 0.4) is 0 Å². The van der Waals surface area contributed by atoms with E-state index < -0.39 is 10.8 Å². The van der Waals surface area contributed by atoms with E-state index in [1.54, 1.807) is 0 Å². The average molecular weight is 318 g/mol. The Morgan fingerprint density at radius 2 is 1.39 bits per heavy atom. The van der Waals surface area contributed by atoms with Gasteiger partial charge in [-0.15, -0.1) is 10.9 Å². The quantitative estimate of drug-likeness (QED) is 0.523. The molecule has 0 saturated heterocycles. The second kappa shape index (κ2) is 5.59. The topological polar surface area (TPSA) is 43.1 Å². The summed E-state index contributed by atoms with van der Waals surface area (Å²) in [5.41, 5.74) is 11.2. The number of benzene rings is 1. The molecule has 2 nitrogen and oxygen atoms in total. The fourth-order valence-electron chi connectivity index (χ4n) is 4.01. The van der Waals surface area contributed by atoms with Crippen LogP contribution in [0.15, 0.2) is 0 Å². The van der Waals surface area contributed by atoms with Crippen molar-refractivity contribution >= 4 is 102 Å². The molecule has 0 spiro atoms. The highest BCUT2D eigenvalue weighted by molar-refractivity contribution is 6.66. The summed E-state index contributed by atoms with van der Waals surface area (Å²) < 4.78 is 0. The van der Waals surface area contributed by atoms with Crippen LogP contribution in [0.2, 0.25) is 15.5 Å². The SMILES string of the molecule is Bc1c(B)c(B)c(C2(N)C(=O)CCC(B)(B)C2(B)B)c(Cl)c1B. The molecule has 1 atom stereocenters. The lowest BCUT2D eigenvalue weighted by Crippen LogP contribution is -2.66. The number of hydrogen-bond acceptors (Lipinski definition) is 2. The summed E-state index contributed by atoms with van der Waals surface area (Å²) in [7, 11) is 16.9. The van der Waals surface area contributed by atoms with Gasteiger partial charge in [-0.2, -0.15) is 0 Å². The molecule has 0 heterocycles. The molecule has 2 N–H and O–H groups in total. The molecule has 1 aliphatic rings. The number of carbonyl (C=O) groups excluding carboxylic acids is 1. The number of Topliss-reactive ketones (excluding diaryl/α,β-unsaturated/α-hetero) is 1. The number of carbonyl (C=O) groups is 1. The van der Waals surface area contributed by atoms with E-state index in [-0.39, 0.29) is 11.0 Å². The summed E-state index contributed by atoms with van der Waals surface area (Å²) in [6, 6.07) is 0. The Morgan fingerprint density at radius 3 is 1.91 bits per heavy atom. The molecule has 0 bridgehead atoms. The Morgan fingerprint density at radius 1 is 0.913 bits per heavy atom. The van der Waals surface area contributed by atoms with E-state index in [0.717, 1.165) is 22.9 Å². The van der Waals surface area contributed by atoms with E-state index >= 15 is 0 Å². The summed E-state index contributed by atoms with van der Waals surface area (Å²) in [4.78, 5) is 13.0. The third-order valence-corrected chi connectivity index (χ3v) is 7.57. The maximum absolute atomic E-state index is 13.0. The number of halogens is 1. The molecular weight excluding hydrogens is 296 g/mol. The van der Waals surface area contributed by atoms with Gasteiger partial charge in [0.05, 0.1) is 21.2 Å². The standard InChI is InChI=1S/C12H22B8ClNO/c13-5-4(9(21)8(16)7(15)6(5)14)11(22)3(23)1-2-10(17,18)12(11,19)20/h1-2,13-20,22H2. The molecule has 0 aromatic heterocycles. The molecule has 2 rings (SSSR count). The molecule has 1 saturated carbocycles. The van der Waals surface area contributed by atoms with E-state index in [2.05, 4.69) is 47.1 Å². The fraction of sp³-hybridized carbons (Fsp3) is 0.417. The van der Waals surface area contributed by atoms with Gasteiger partial charge in [-0.05, 0) is 5.56 Å². The molecule has 0 radical (unpaired) electrons. The molecule has 1 aromatic carbocycles. The third kappa shape index (κ3) is 2.35. The Hall–Kier alpha value is -0.341. The van der Waals surface area contributed by atoms with Crippen LogP contribution in [0.4, 0.5) is 0 Å². The lowest BCUT2D eigenvalue weighted by molar-refractivity contribution is -0.127. The monoisotopic (exact) mass is 319 g/mol. The summed E-state index contributed by atoms with van der Waals surface area (Å²) in [6.07, 6.45) is 1.37. The minimum absolute atomic E-state index is 0.0435. The lowest BCUT2D eigenvalue weighted by atomic mass is 9.21. The van der Waals surface area contributed by atoms with Gasteiger partial charge in [0.1, 0.15) is 47.1 Å². The molecular formula is C12H22B8ClNO. The molecule has 0 aliphatic heterocycles. The zero-order chi connectivity index (χ0) is 18.0. The van der Waals surface area contributed by atoms with Gasteiger partial charge in [-0.25, -0.2) is 0 Å². The van der Waals surface area contributed by atoms with Crippen molar-refractivity contribution in [2.75, 3.05) is 0 Å². The molecule has 1 aromatic rings. The van der Waals surface area contributed by atoms with Crippen LogP contribution in [0.5, 0.6) is 0 Å². The Balaban J connectivity index is 2.91. The maximum atomic E-state index is 13.0. The average Bonchev–Trinajstić information content (AvgIpc) is 2.46. The van der Waals surface area contributed by atoms with Crippen molar-refractivity contribution in [3.8, 4) is 0 Å². The van der Waals surface area contributed by atoms with Crippen molar-refractivity contribution in [2.45, 2.75) is 28.8 Å². The largest absolute Gasteiger partial charge is 0.316 e. The van der Waals surface area contributed by atoms with Gasteiger partial charge in [0.2, 0.25) is 0 Å². The van der Waals surface area contributed by atoms with Crippen LogP contribution >= 0.6 is 11.6 Å². The van der Waals surface area contributed by atoms with Crippen LogP contribution < -0.4 is 27.6 Å². The van der Waals surface area contributed by atoms with E-state index in [1.165, 1.54) is 10.9 Å².